The molecule has 0 aliphatic rings. The van der Waals surface area contributed by atoms with Gasteiger partial charge in [-0.2, -0.15) is 0 Å². The summed E-state index contributed by atoms with van der Waals surface area (Å²) in [4.78, 5) is 0. The highest BCUT2D eigenvalue weighted by Gasteiger charge is 2.20. The molecule has 0 saturated carbocycles. The highest BCUT2D eigenvalue weighted by atomic mass is 32.2. The van der Waals surface area contributed by atoms with Crippen LogP contribution in [0.1, 0.15) is 142 Å². The molecule has 0 radical (unpaired) electrons. The molecule has 0 bridgehead atoms. The molecule has 5 heteroatoms. The Morgan fingerprint density at radius 3 is 1.22 bits per heavy atom. The minimum absolute atomic E-state index is 0.423. The van der Waals surface area contributed by atoms with Crippen LogP contribution < -0.4 is 0 Å². The smallest absolute Gasteiger partial charge is 0.0988 e. The lowest BCUT2D eigenvalue weighted by atomic mass is 10.1. The summed E-state index contributed by atoms with van der Waals surface area (Å²) in [7, 11) is -1.57. The van der Waals surface area contributed by atoms with Gasteiger partial charge in [0, 0.05) is 0 Å². The number of quaternary nitrogens is 1. The fourth-order valence-corrected chi connectivity index (χ4v) is 5.54. The summed E-state index contributed by atoms with van der Waals surface area (Å²) in [6, 6.07) is 8.37. The van der Waals surface area contributed by atoms with Crippen LogP contribution in [0.15, 0.2) is 30.3 Å². The van der Waals surface area contributed by atoms with Crippen LogP contribution in [0, 0.1) is 0 Å². The van der Waals surface area contributed by atoms with Gasteiger partial charge in [-0.3, -0.25) is 0 Å². The van der Waals surface area contributed by atoms with Gasteiger partial charge in [-0.15, -0.1) is 0 Å². The van der Waals surface area contributed by atoms with Crippen LogP contribution >= 0.6 is 0 Å². The van der Waals surface area contributed by atoms with Crippen molar-refractivity contribution in [2.75, 3.05) is 26.7 Å². The zero-order valence-electron chi connectivity index (χ0n) is 25.0. The van der Waals surface area contributed by atoms with E-state index < -0.39 is 15.9 Å². The van der Waals surface area contributed by atoms with E-state index in [-0.39, 0.29) is 0 Å². The van der Waals surface area contributed by atoms with Crippen molar-refractivity contribution in [3.05, 3.63) is 35.9 Å². The van der Waals surface area contributed by atoms with E-state index in [9.17, 15) is 13.0 Å². The molecular formula is C32H61NO3S. The molecule has 1 aromatic carbocycles. The molecule has 218 valence electrons. The Balaban J connectivity index is 0.000000970. The largest absolute Gasteiger partial charge is 0.748 e. The molecule has 0 unspecified atom stereocenters. The Labute approximate surface area is 232 Å². The Morgan fingerprint density at radius 1 is 0.568 bits per heavy atom. The molecule has 1 rings (SSSR count). The van der Waals surface area contributed by atoms with Gasteiger partial charge in [0.15, 0.2) is 0 Å². The molecule has 0 atom stereocenters. The maximum absolute atomic E-state index is 10.2. The quantitative estimate of drug-likeness (QED) is 0.0791. The number of hydrogen-bond acceptors (Lipinski definition) is 3. The van der Waals surface area contributed by atoms with Crippen LogP contribution in [-0.2, 0) is 15.9 Å². The van der Waals surface area contributed by atoms with E-state index in [0.29, 0.717) is 5.56 Å². The molecule has 0 fully saturated rings. The third-order valence-corrected chi connectivity index (χ3v) is 8.03. The molecule has 0 amide bonds. The zero-order chi connectivity index (χ0) is 27.7. The highest BCUT2D eigenvalue weighted by molar-refractivity contribution is 7.84. The predicted octanol–water partition coefficient (Wildman–Crippen LogP) is 9.25. The summed E-state index contributed by atoms with van der Waals surface area (Å²) in [5.41, 5.74) is 0.530. The van der Waals surface area contributed by atoms with E-state index in [4.69, 9.17) is 0 Å². The van der Waals surface area contributed by atoms with Crippen LogP contribution in [0.2, 0.25) is 0 Å². The van der Waals surface area contributed by atoms with Crippen LogP contribution in [-0.4, -0.2) is 44.1 Å². The first-order chi connectivity index (χ1) is 17.8. The fourth-order valence-electron chi connectivity index (χ4n) is 4.94. The molecule has 0 aromatic heterocycles. The first kappa shape index (κ1) is 36.1. The normalized spacial score (nSPS) is 11.8. The lowest BCUT2D eigenvalue weighted by Crippen LogP contribution is -2.46. The summed E-state index contributed by atoms with van der Waals surface area (Å²) < 4.78 is 32.1. The number of rotatable bonds is 23. The van der Waals surface area contributed by atoms with Crippen molar-refractivity contribution in [3.8, 4) is 0 Å². The van der Waals surface area contributed by atoms with Gasteiger partial charge in [-0.25, -0.2) is 8.42 Å². The van der Waals surface area contributed by atoms with Gasteiger partial charge in [0.05, 0.1) is 42.6 Å². The van der Waals surface area contributed by atoms with Crippen LogP contribution in [0.4, 0.5) is 0 Å². The molecule has 1 aromatic rings. The van der Waals surface area contributed by atoms with Crippen molar-refractivity contribution in [2.45, 2.75) is 142 Å². The number of benzene rings is 1. The molecule has 0 aliphatic heterocycles. The third kappa shape index (κ3) is 25.1. The summed E-state index contributed by atoms with van der Waals surface area (Å²) in [6.45, 7) is 11.2. The molecule has 37 heavy (non-hydrogen) atoms. The first-order valence-corrected chi connectivity index (χ1v) is 17.1. The molecule has 4 nitrogen and oxygen atoms in total. The van der Waals surface area contributed by atoms with Gasteiger partial charge in [0.2, 0.25) is 0 Å². The molecule has 0 saturated heterocycles. The lowest BCUT2D eigenvalue weighted by molar-refractivity contribution is -0.910. The fraction of sp³-hybridized carbons (Fsp3) is 0.812. The van der Waals surface area contributed by atoms with Crippen molar-refractivity contribution >= 4 is 10.1 Å². The van der Waals surface area contributed by atoms with Gasteiger partial charge < -0.3 is 9.04 Å². The number of nitrogens with zero attached hydrogens (tertiary/aromatic N) is 1. The van der Waals surface area contributed by atoms with E-state index in [0.717, 1.165) is 0 Å². The van der Waals surface area contributed by atoms with Crippen LogP contribution in [0.5, 0.6) is 0 Å². The standard InChI is InChI=1S/C25H54N.C7H8O3S/c1-5-8-11-14-17-20-23-26(4,24-21-18-15-12-9-6-2)25-22-19-16-13-10-7-3;8-11(9,10)6-7-4-2-1-3-5-7/h5-25H2,1-4H3;1-5H,6H2,(H,8,9,10)/q+1;/p-1. The van der Waals surface area contributed by atoms with Crippen LogP contribution in [0.25, 0.3) is 0 Å². The SMILES string of the molecule is CCCCCCCC[N+](C)(CCCCCCCC)CCCCCCCC.O=S(=O)([O-])Cc1ccccc1. The van der Waals surface area contributed by atoms with E-state index in [1.807, 2.05) is 0 Å². The van der Waals surface area contributed by atoms with Gasteiger partial charge in [0.1, 0.15) is 0 Å². The van der Waals surface area contributed by atoms with E-state index in [2.05, 4.69) is 27.8 Å². The average molecular weight is 540 g/mol. The minimum Gasteiger partial charge on any atom is -0.748 e. The second-order valence-electron chi connectivity index (χ2n) is 11.3. The summed E-state index contributed by atoms with van der Waals surface area (Å²) in [5.74, 6) is -0.423. The van der Waals surface area contributed by atoms with Crippen molar-refractivity contribution < 1.29 is 17.5 Å². The van der Waals surface area contributed by atoms with Crippen LogP contribution in [0.3, 0.4) is 0 Å². The second kappa shape index (κ2) is 24.2. The molecule has 0 heterocycles. The van der Waals surface area contributed by atoms with Gasteiger partial charge in [-0.1, -0.05) is 128 Å². The van der Waals surface area contributed by atoms with Gasteiger partial charge in [0.25, 0.3) is 0 Å². The Bertz CT molecular complexity index is 665. The third-order valence-electron chi connectivity index (χ3n) is 7.34. The van der Waals surface area contributed by atoms with Crippen molar-refractivity contribution in [1.29, 1.82) is 0 Å². The Kier molecular flexibility index (Phi) is 23.6. The van der Waals surface area contributed by atoms with Crippen molar-refractivity contribution in [2.24, 2.45) is 0 Å². The van der Waals surface area contributed by atoms with Gasteiger partial charge >= 0.3 is 0 Å². The Hall–Kier alpha value is -0.910. The molecular weight excluding hydrogens is 478 g/mol. The first-order valence-electron chi connectivity index (χ1n) is 15.6. The minimum atomic E-state index is -4.13. The van der Waals surface area contributed by atoms with E-state index in [1.165, 1.54) is 140 Å². The van der Waals surface area contributed by atoms with Crippen molar-refractivity contribution in [1.82, 2.24) is 0 Å². The predicted molar refractivity (Wildman–Crippen MR) is 161 cm³/mol. The molecule has 0 N–H and O–H groups in total. The molecule has 0 spiro atoms. The maximum atomic E-state index is 10.2. The maximum Gasteiger partial charge on any atom is 0.0988 e. The van der Waals surface area contributed by atoms with Gasteiger partial charge in [-0.05, 0) is 44.1 Å². The highest BCUT2D eigenvalue weighted by Crippen LogP contribution is 2.16. The Morgan fingerprint density at radius 2 is 0.892 bits per heavy atom. The average Bonchev–Trinajstić information content (AvgIpc) is 2.86. The monoisotopic (exact) mass is 539 g/mol. The summed E-state index contributed by atoms with van der Waals surface area (Å²) >= 11 is 0. The number of unbranched alkanes of at least 4 members (excludes halogenated alkanes) is 15. The van der Waals surface area contributed by atoms with E-state index >= 15 is 0 Å². The van der Waals surface area contributed by atoms with E-state index in [1.54, 1.807) is 30.3 Å². The lowest BCUT2D eigenvalue weighted by Gasteiger charge is -2.35. The van der Waals surface area contributed by atoms with Crippen molar-refractivity contribution in [3.63, 3.8) is 0 Å². The number of hydrogen-bond donors (Lipinski definition) is 0. The summed E-state index contributed by atoms with van der Waals surface area (Å²) in [5, 5.41) is 0. The topological polar surface area (TPSA) is 57.2 Å². The molecule has 0 aliphatic carbocycles. The summed E-state index contributed by atoms with van der Waals surface area (Å²) in [6.07, 6.45) is 25.9. The second-order valence-corrected chi connectivity index (χ2v) is 12.7. The zero-order valence-corrected chi connectivity index (χ0v) is 25.8.